The first kappa shape index (κ1) is 16.0. The van der Waals surface area contributed by atoms with E-state index in [0.29, 0.717) is 12.8 Å². The van der Waals surface area contributed by atoms with Gasteiger partial charge in [0.2, 0.25) is 11.8 Å². The topological polar surface area (TPSA) is 95.5 Å². The van der Waals surface area contributed by atoms with Crippen LogP contribution in [0.2, 0.25) is 0 Å². The van der Waals surface area contributed by atoms with Crippen molar-refractivity contribution in [3.05, 3.63) is 35.9 Å². The molecule has 6 heteroatoms. The van der Waals surface area contributed by atoms with Crippen LogP contribution in [-0.4, -0.2) is 35.0 Å². The summed E-state index contributed by atoms with van der Waals surface area (Å²) in [6, 6.07) is 9.25. The molecular formula is C16H20N2O4. The smallest absolute Gasteiger partial charge is 0.305 e. The Morgan fingerprint density at radius 3 is 2.32 bits per heavy atom. The van der Waals surface area contributed by atoms with Crippen LogP contribution >= 0.6 is 0 Å². The van der Waals surface area contributed by atoms with Crippen molar-refractivity contribution < 1.29 is 19.5 Å². The number of amides is 2. The number of hydrogen-bond acceptors (Lipinski definition) is 3. The minimum absolute atomic E-state index is 0.0727. The predicted molar refractivity (Wildman–Crippen MR) is 80.1 cm³/mol. The van der Waals surface area contributed by atoms with Crippen LogP contribution in [0.1, 0.15) is 31.2 Å². The van der Waals surface area contributed by atoms with Crippen LogP contribution in [0.4, 0.5) is 0 Å². The summed E-state index contributed by atoms with van der Waals surface area (Å²) < 4.78 is 0. The number of hydrogen-bond donors (Lipinski definition) is 3. The molecule has 0 spiro atoms. The van der Waals surface area contributed by atoms with Gasteiger partial charge in [-0.1, -0.05) is 30.3 Å². The summed E-state index contributed by atoms with van der Waals surface area (Å²) in [5.74, 6) is -1.50. The van der Waals surface area contributed by atoms with Crippen LogP contribution < -0.4 is 10.6 Å². The fourth-order valence-electron chi connectivity index (χ4n) is 2.60. The molecule has 1 aromatic rings. The highest BCUT2D eigenvalue weighted by Crippen LogP contribution is 2.34. The lowest BCUT2D eigenvalue weighted by molar-refractivity contribution is -0.140. The number of carboxylic acids is 1. The van der Waals surface area contributed by atoms with E-state index in [2.05, 4.69) is 10.6 Å². The first-order valence-corrected chi connectivity index (χ1v) is 7.33. The third-order valence-electron chi connectivity index (χ3n) is 3.86. The Hall–Kier alpha value is -2.37. The highest BCUT2D eigenvalue weighted by atomic mass is 16.4. The maximum Gasteiger partial charge on any atom is 0.305 e. The summed E-state index contributed by atoms with van der Waals surface area (Å²) in [6.45, 7) is -0.132. The number of nitrogens with one attached hydrogen (secondary N) is 2. The van der Waals surface area contributed by atoms with Gasteiger partial charge in [0, 0.05) is 0 Å². The molecule has 0 bridgehead atoms. The van der Waals surface area contributed by atoms with E-state index in [1.165, 1.54) is 0 Å². The lowest BCUT2D eigenvalue weighted by atomic mass is 9.74. The SMILES string of the molecule is O=C(O)CC1(NC(=O)CNC(=O)Cc2ccccc2)CCC1. The fraction of sp³-hybridized carbons (Fsp3) is 0.438. The highest BCUT2D eigenvalue weighted by Gasteiger charge is 2.40. The summed E-state index contributed by atoms with van der Waals surface area (Å²) >= 11 is 0. The van der Waals surface area contributed by atoms with Gasteiger partial charge >= 0.3 is 5.97 Å². The van der Waals surface area contributed by atoms with Crippen LogP contribution in [0.25, 0.3) is 0 Å². The van der Waals surface area contributed by atoms with Gasteiger partial charge in [0.05, 0.1) is 24.9 Å². The van der Waals surface area contributed by atoms with E-state index in [-0.39, 0.29) is 31.2 Å². The number of aliphatic carboxylic acids is 1. The molecule has 0 unspecified atom stereocenters. The number of carboxylic acid groups (broad SMARTS) is 1. The number of carbonyl (C=O) groups excluding carboxylic acids is 2. The van der Waals surface area contributed by atoms with E-state index in [1.807, 2.05) is 30.3 Å². The maximum atomic E-state index is 11.9. The Bertz CT molecular complexity index is 553. The van der Waals surface area contributed by atoms with E-state index < -0.39 is 11.5 Å². The molecule has 118 valence electrons. The van der Waals surface area contributed by atoms with Gasteiger partial charge in [0.1, 0.15) is 0 Å². The average molecular weight is 304 g/mol. The second kappa shape index (κ2) is 7.06. The third-order valence-corrected chi connectivity index (χ3v) is 3.86. The maximum absolute atomic E-state index is 11.9. The Labute approximate surface area is 128 Å². The zero-order chi connectivity index (χ0) is 16.0. The Morgan fingerprint density at radius 1 is 1.09 bits per heavy atom. The molecule has 2 rings (SSSR count). The molecule has 0 radical (unpaired) electrons. The van der Waals surface area contributed by atoms with Crippen molar-refractivity contribution in [2.24, 2.45) is 0 Å². The van der Waals surface area contributed by atoms with Gasteiger partial charge in [-0.05, 0) is 24.8 Å². The van der Waals surface area contributed by atoms with Crippen LogP contribution in [-0.2, 0) is 20.8 Å². The van der Waals surface area contributed by atoms with Crippen molar-refractivity contribution >= 4 is 17.8 Å². The standard InChI is InChI=1S/C16H20N2O4/c19-13(9-12-5-2-1-3-6-12)17-11-14(20)18-16(7-4-8-16)10-15(21)22/h1-3,5-6H,4,7-11H2,(H,17,19)(H,18,20)(H,21,22). The van der Waals surface area contributed by atoms with Crippen molar-refractivity contribution in [3.8, 4) is 0 Å². The van der Waals surface area contributed by atoms with Crippen molar-refractivity contribution in [2.75, 3.05) is 6.54 Å². The summed E-state index contributed by atoms with van der Waals surface area (Å²) in [4.78, 5) is 34.5. The second-order valence-corrected chi connectivity index (χ2v) is 5.69. The fourth-order valence-corrected chi connectivity index (χ4v) is 2.60. The molecule has 0 heterocycles. The molecule has 0 atom stereocenters. The predicted octanol–water partition coefficient (Wildman–Crippen LogP) is 0.859. The molecule has 0 aliphatic heterocycles. The van der Waals surface area contributed by atoms with Gasteiger partial charge in [-0.2, -0.15) is 0 Å². The monoisotopic (exact) mass is 304 g/mol. The van der Waals surface area contributed by atoms with E-state index in [0.717, 1.165) is 12.0 Å². The molecule has 0 aromatic heterocycles. The van der Waals surface area contributed by atoms with E-state index >= 15 is 0 Å². The normalized spacial score (nSPS) is 15.5. The van der Waals surface area contributed by atoms with E-state index in [4.69, 9.17) is 5.11 Å². The minimum atomic E-state index is -0.923. The Morgan fingerprint density at radius 2 is 1.77 bits per heavy atom. The molecule has 1 aromatic carbocycles. The lowest BCUT2D eigenvalue weighted by Crippen LogP contribution is -2.56. The van der Waals surface area contributed by atoms with Gasteiger partial charge in [0.25, 0.3) is 0 Å². The number of carbonyl (C=O) groups is 3. The van der Waals surface area contributed by atoms with Crippen LogP contribution in [0.3, 0.4) is 0 Å². The van der Waals surface area contributed by atoms with Crippen molar-refractivity contribution in [3.63, 3.8) is 0 Å². The molecule has 1 aliphatic carbocycles. The first-order chi connectivity index (χ1) is 10.5. The van der Waals surface area contributed by atoms with Crippen molar-refractivity contribution in [1.82, 2.24) is 10.6 Å². The van der Waals surface area contributed by atoms with Gasteiger partial charge in [-0.3, -0.25) is 14.4 Å². The molecule has 2 amide bonds. The van der Waals surface area contributed by atoms with Crippen LogP contribution in [0, 0.1) is 0 Å². The summed E-state index contributed by atoms with van der Waals surface area (Å²) in [5, 5.41) is 14.2. The molecule has 22 heavy (non-hydrogen) atoms. The van der Waals surface area contributed by atoms with Crippen LogP contribution in [0.15, 0.2) is 30.3 Å². The third kappa shape index (κ3) is 4.58. The second-order valence-electron chi connectivity index (χ2n) is 5.69. The summed E-state index contributed by atoms with van der Waals surface area (Å²) in [7, 11) is 0. The van der Waals surface area contributed by atoms with E-state index in [1.54, 1.807) is 0 Å². The molecule has 1 aliphatic rings. The summed E-state index contributed by atoms with van der Waals surface area (Å²) in [6.07, 6.45) is 2.39. The molecule has 1 saturated carbocycles. The molecular weight excluding hydrogens is 284 g/mol. The lowest BCUT2D eigenvalue weighted by Gasteiger charge is -2.41. The van der Waals surface area contributed by atoms with Gasteiger partial charge < -0.3 is 15.7 Å². The molecule has 6 nitrogen and oxygen atoms in total. The zero-order valence-electron chi connectivity index (χ0n) is 12.3. The van der Waals surface area contributed by atoms with Crippen molar-refractivity contribution in [1.29, 1.82) is 0 Å². The van der Waals surface area contributed by atoms with Gasteiger partial charge in [-0.15, -0.1) is 0 Å². The quantitative estimate of drug-likeness (QED) is 0.696. The number of benzene rings is 1. The molecule has 0 saturated heterocycles. The highest BCUT2D eigenvalue weighted by molar-refractivity contribution is 5.86. The van der Waals surface area contributed by atoms with Crippen molar-refractivity contribution in [2.45, 2.75) is 37.6 Å². The number of rotatable bonds is 7. The van der Waals surface area contributed by atoms with Gasteiger partial charge in [-0.25, -0.2) is 0 Å². The van der Waals surface area contributed by atoms with Crippen LogP contribution in [0.5, 0.6) is 0 Å². The Kier molecular flexibility index (Phi) is 5.14. The zero-order valence-corrected chi connectivity index (χ0v) is 12.3. The summed E-state index contributed by atoms with van der Waals surface area (Å²) in [5.41, 5.74) is 0.245. The Balaban J connectivity index is 1.75. The first-order valence-electron chi connectivity index (χ1n) is 7.33. The molecule has 1 fully saturated rings. The largest absolute Gasteiger partial charge is 0.481 e. The molecule has 3 N–H and O–H groups in total. The minimum Gasteiger partial charge on any atom is -0.481 e. The van der Waals surface area contributed by atoms with Gasteiger partial charge in [0.15, 0.2) is 0 Å². The van der Waals surface area contributed by atoms with E-state index in [9.17, 15) is 14.4 Å². The average Bonchev–Trinajstić information content (AvgIpc) is 2.43.